The molecule has 3 N–H and O–H groups in total. The van der Waals surface area contributed by atoms with Crippen molar-refractivity contribution in [2.75, 3.05) is 0 Å². The number of Topliss-reactive ketones (excluding diaryl/α,β-unsaturated/α-hetero) is 1. The molecule has 0 radical (unpaired) electrons. The Labute approximate surface area is 183 Å². The number of nitrogens with one attached hydrogen (secondary N) is 1. The molecule has 0 bridgehead atoms. The van der Waals surface area contributed by atoms with Crippen LogP contribution in [0, 0.1) is 5.92 Å². The maximum absolute atomic E-state index is 12.4. The molecular weight excluding hydrogens is 382 g/mol. The Morgan fingerprint density at radius 2 is 1.90 bits per heavy atom. The van der Waals surface area contributed by atoms with Crippen molar-refractivity contribution in [1.82, 2.24) is 9.97 Å². The number of aromatic nitrogens is 2. The van der Waals surface area contributed by atoms with E-state index in [9.17, 15) is 4.79 Å². The lowest BCUT2D eigenvalue weighted by Gasteiger charge is -2.14. The SMILES string of the molecule is NC(Cc1cnc[nH]1)C(=O)CC1=CCC(/C=C/c2ccc(-c3ccccc3)cc2)C=C1. The van der Waals surface area contributed by atoms with Crippen molar-refractivity contribution in [3.63, 3.8) is 0 Å². The Morgan fingerprint density at radius 3 is 2.58 bits per heavy atom. The van der Waals surface area contributed by atoms with Gasteiger partial charge in [0.1, 0.15) is 0 Å². The van der Waals surface area contributed by atoms with Gasteiger partial charge >= 0.3 is 0 Å². The summed E-state index contributed by atoms with van der Waals surface area (Å²) >= 11 is 0. The van der Waals surface area contributed by atoms with Crippen LogP contribution in [0.4, 0.5) is 0 Å². The minimum absolute atomic E-state index is 0.0537. The van der Waals surface area contributed by atoms with Gasteiger partial charge in [0.2, 0.25) is 0 Å². The van der Waals surface area contributed by atoms with E-state index in [1.165, 1.54) is 16.7 Å². The molecule has 156 valence electrons. The largest absolute Gasteiger partial charge is 0.348 e. The first-order valence-electron chi connectivity index (χ1n) is 10.6. The van der Waals surface area contributed by atoms with E-state index in [2.05, 4.69) is 88.9 Å². The van der Waals surface area contributed by atoms with Gasteiger partial charge in [-0.15, -0.1) is 0 Å². The summed E-state index contributed by atoms with van der Waals surface area (Å²) in [5, 5.41) is 0. The van der Waals surface area contributed by atoms with Crippen molar-refractivity contribution >= 4 is 11.9 Å². The van der Waals surface area contributed by atoms with Gasteiger partial charge < -0.3 is 10.7 Å². The number of benzene rings is 2. The Morgan fingerprint density at radius 1 is 1.13 bits per heavy atom. The zero-order chi connectivity index (χ0) is 21.5. The molecule has 4 nitrogen and oxygen atoms in total. The molecule has 0 aliphatic heterocycles. The lowest BCUT2D eigenvalue weighted by molar-refractivity contribution is -0.119. The molecule has 3 aromatic rings. The summed E-state index contributed by atoms with van der Waals surface area (Å²) in [7, 11) is 0. The van der Waals surface area contributed by atoms with Gasteiger partial charge in [-0.25, -0.2) is 4.98 Å². The van der Waals surface area contributed by atoms with E-state index in [4.69, 9.17) is 5.73 Å². The maximum Gasteiger partial charge on any atom is 0.154 e. The Kier molecular flexibility index (Phi) is 6.70. The van der Waals surface area contributed by atoms with Crippen molar-refractivity contribution in [2.45, 2.75) is 25.3 Å². The number of aromatic amines is 1. The topological polar surface area (TPSA) is 71.8 Å². The average Bonchev–Trinajstić information content (AvgIpc) is 3.32. The zero-order valence-electron chi connectivity index (χ0n) is 17.4. The van der Waals surface area contributed by atoms with Gasteiger partial charge in [0.05, 0.1) is 12.4 Å². The Balaban J connectivity index is 1.28. The van der Waals surface area contributed by atoms with E-state index in [-0.39, 0.29) is 5.78 Å². The Bertz CT molecular complexity index is 1080. The molecule has 4 rings (SSSR count). The lowest BCUT2D eigenvalue weighted by atomic mass is 9.92. The van der Waals surface area contributed by atoms with Gasteiger partial charge in [0, 0.05) is 24.7 Å². The number of carbonyl (C=O) groups excluding carboxylic acids is 1. The summed E-state index contributed by atoms with van der Waals surface area (Å²) in [5.74, 6) is 0.393. The number of ketones is 1. The van der Waals surface area contributed by atoms with Gasteiger partial charge in [-0.2, -0.15) is 0 Å². The number of nitrogens with two attached hydrogens (primary N) is 1. The molecule has 1 aromatic heterocycles. The lowest BCUT2D eigenvalue weighted by Crippen LogP contribution is -2.33. The molecule has 1 aliphatic rings. The van der Waals surface area contributed by atoms with Crippen LogP contribution in [0.3, 0.4) is 0 Å². The van der Waals surface area contributed by atoms with E-state index >= 15 is 0 Å². The standard InChI is InChI=1S/C27H27N3O/c28-26(17-25-18-29-19-30-25)27(31)16-22-10-8-20(9-11-22)6-7-21-12-14-24(15-13-21)23-4-2-1-3-5-23/h1-8,10-15,18-20,26H,9,16-17,28H2,(H,29,30)/b7-6+. The molecule has 2 aromatic carbocycles. The van der Waals surface area contributed by atoms with Gasteiger partial charge in [-0.05, 0) is 34.6 Å². The fourth-order valence-electron chi connectivity index (χ4n) is 3.69. The molecule has 0 saturated carbocycles. The van der Waals surface area contributed by atoms with Crippen LogP contribution >= 0.6 is 0 Å². The van der Waals surface area contributed by atoms with Crippen LogP contribution in [-0.2, 0) is 11.2 Å². The van der Waals surface area contributed by atoms with Gasteiger partial charge in [-0.3, -0.25) is 4.79 Å². The first-order valence-corrected chi connectivity index (χ1v) is 10.6. The number of rotatable bonds is 8. The molecule has 0 amide bonds. The summed E-state index contributed by atoms with van der Waals surface area (Å²) in [6.45, 7) is 0. The highest BCUT2D eigenvalue weighted by atomic mass is 16.1. The summed E-state index contributed by atoms with van der Waals surface area (Å²) in [4.78, 5) is 19.4. The third-order valence-corrected chi connectivity index (χ3v) is 5.55. The van der Waals surface area contributed by atoms with Crippen LogP contribution in [0.15, 0.2) is 97.0 Å². The molecule has 2 unspecified atom stereocenters. The summed E-state index contributed by atoms with van der Waals surface area (Å²) < 4.78 is 0. The van der Waals surface area contributed by atoms with Crippen LogP contribution in [-0.4, -0.2) is 21.8 Å². The zero-order valence-corrected chi connectivity index (χ0v) is 17.4. The number of imidazole rings is 1. The van der Waals surface area contributed by atoms with E-state index in [1.807, 2.05) is 6.07 Å². The van der Waals surface area contributed by atoms with Crippen molar-refractivity contribution < 1.29 is 4.79 Å². The number of nitrogens with zero attached hydrogens (tertiary/aromatic N) is 1. The molecule has 31 heavy (non-hydrogen) atoms. The number of hydrogen-bond donors (Lipinski definition) is 2. The van der Waals surface area contributed by atoms with E-state index in [1.54, 1.807) is 12.5 Å². The molecule has 4 heteroatoms. The quantitative estimate of drug-likeness (QED) is 0.542. The third-order valence-electron chi connectivity index (χ3n) is 5.55. The molecule has 0 saturated heterocycles. The van der Waals surface area contributed by atoms with Crippen LogP contribution in [0.2, 0.25) is 0 Å². The first-order chi connectivity index (χ1) is 15.2. The number of carbonyl (C=O) groups is 1. The van der Waals surface area contributed by atoms with Crippen molar-refractivity contribution in [3.8, 4) is 11.1 Å². The predicted octanol–water partition coefficient (Wildman–Crippen LogP) is 5.12. The second-order valence-corrected chi connectivity index (χ2v) is 7.92. The minimum atomic E-state index is -0.508. The maximum atomic E-state index is 12.4. The molecule has 1 aliphatic carbocycles. The minimum Gasteiger partial charge on any atom is -0.348 e. The van der Waals surface area contributed by atoms with E-state index in [0.29, 0.717) is 18.8 Å². The smallest absolute Gasteiger partial charge is 0.154 e. The number of H-pyrrole nitrogens is 1. The van der Waals surface area contributed by atoms with Gasteiger partial charge in [0.25, 0.3) is 0 Å². The molecule has 0 spiro atoms. The normalized spacial score (nSPS) is 16.9. The van der Waals surface area contributed by atoms with Gasteiger partial charge in [-0.1, -0.05) is 85.0 Å². The Hall–Kier alpha value is -3.50. The molecule has 2 atom stereocenters. The highest BCUT2D eigenvalue weighted by molar-refractivity contribution is 5.86. The highest BCUT2D eigenvalue weighted by Crippen LogP contribution is 2.23. The summed E-state index contributed by atoms with van der Waals surface area (Å²) in [5.41, 5.74) is 11.6. The van der Waals surface area contributed by atoms with Gasteiger partial charge in [0.15, 0.2) is 5.78 Å². The monoisotopic (exact) mass is 409 g/mol. The highest BCUT2D eigenvalue weighted by Gasteiger charge is 2.17. The number of hydrogen-bond acceptors (Lipinski definition) is 3. The average molecular weight is 410 g/mol. The number of allylic oxidation sites excluding steroid dienone is 5. The van der Waals surface area contributed by atoms with Crippen LogP contribution in [0.25, 0.3) is 17.2 Å². The van der Waals surface area contributed by atoms with Crippen LogP contribution in [0.5, 0.6) is 0 Å². The van der Waals surface area contributed by atoms with Crippen molar-refractivity contribution in [1.29, 1.82) is 0 Å². The third kappa shape index (κ3) is 5.77. The van der Waals surface area contributed by atoms with Crippen molar-refractivity contribution in [2.24, 2.45) is 11.7 Å². The second kappa shape index (κ2) is 10.0. The molecule has 0 fully saturated rings. The first kappa shape index (κ1) is 20.8. The van der Waals surface area contributed by atoms with Crippen LogP contribution in [0.1, 0.15) is 24.1 Å². The fourth-order valence-corrected chi connectivity index (χ4v) is 3.69. The summed E-state index contributed by atoms with van der Waals surface area (Å²) in [6, 6.07) is 18.5. The fraction of sp³-hybridized carbons (Fsp3) is 0.185. The van der Waals surface area contributed by atoms with E-state index in [0.717, 1.165) is 17.7 Å². The van der Waals surface area contributed by atoms with E-state index < -0.39 is 6.04 Å². The second-order valence-electron chi connectivity index (χ2n) is 7.92. The summed E-state index contributed by atoms with van der Waals surface area (Å²) in [6.07, 6.45) is 15.8. The van der Waals surface area contributed by atoms with Crippen LogP contribution < -0.4 is 5.73 Å². The molecular formula is C27H27N3O. The van der Waals surface area contributed by atoms with Crippen molar-refractivity contribution in [3.05, 3.63) is 108 Å². The predicted molar refractivity (Wildman–Crippen MR) is 126 cm³/mol. The molecule has 1 heterocycles.